The second-order valence-corrected chi connectivity index (χ2v) is 8.14. The lowest BCUT2D eigenvalue weighted by Crippen LogP contribution is -2.52. The van der Waals surface area contributed by atoms with Gasteiger partial charge in [0, 0.05) is 25.2 Å². The molecule has 0 spiro atoms. The molecule has 2 rings (SSSR count). The summed E-state index contributed by atoms with van der Waals surface area (Å²) in [4.78, 5) is 5.15. The van der Waals surface area contributed by atoms with E-state index in [1.54, 1.807) is 0 Å². The van der Waals surface area contributed by atoms with Crippen LogP contribution in [0.25, 0.3) is 0 Å². The van der Waals surface area contributed by atoms with Crippen LogP contribution >= 0.6 is 0 Å². The monoisotopic (exact) mass is 281 g/mol. The molecule has 1 aliphatic carbocycles. The quantitative estimate of drug-likeness (QED) is 0.859. The van der Waals surface area contributed by atoms with E-state index in [0.717, 1.165) is 5.92 Å². The van der Waals surface area contributed by atoms with Crippen LogP contribution in [0.3, 0.4) is 0 Å². The third-order valence-electron chi connectivity index (χ3n) is 5.63. The number of likely N-dealkylation sites (N-methyl/N-ethyl adjacent to an activating group) is 1. The molecule has 0 aromatic rings. The topological polar surface area (TPSA) is 32.5 Å². The first-order chi connectivity index (χ1) is 9.38. The summed E-state index contributed by atoms with van der Waals surface area (Å²) in [6.07, 6.45) is 6.56. The Morgan fingerprint density at radius 2 is 1.80 bits per heavy atom. The van der Waals surface area contributed by atoms with Gasteiger partial charge in [0.25, 0.3) is 0 Å². The molecule has 0 amide bonds. The summed E-state index contributed by atoms with van der Waals surface area (Å²) < 4.78 is 0. The molecular weight excluding hydrogens is 246 g/mol. The zero-order valence-corrected chi connectivity index (χ0v) is 14.1. The highest BCUT2D eigenvalue weighted by atomic mass is 15.2. The maximum atomic E-state index is 6.41. The summed E-state index contributed by atoms with van der Waals surface area (Å²) in [7, 11) is 2.28. The van der Waals surface area contributed by atoms with Gasteiger partial charge in [-0.05, 0) is 63.6 Å². The minimum Gasteiger partial charge on any atom is -0.326 e. The van der Waals surface area contributed by atoms with Crippen LogP contribution < -0.4 is 5.73 Å². The first-order valence-corrected chi connectivity index (χ1v) is 8.56. The second kappa shape index (κ2) is 6.76. The predicted octanol–water partition coefficient (Wildman–Crippen LogP) is 2.56. The summed E-state index contributed by atoms with van der Waals surface area (Å²) >= 11 is 0. The first kappa shape index (κ1) is 16.3. The molecule has 3 nitrogen and oxygen atoms in total. The van der Waals surface area contributed by atoms with E-state index in [9.17, 15) is 0 Å². The number of rotatable bonds is 4. The van der Waals surface area contributed by atoms with Crippen molar-refractivity contribution in [1.29, 1.82) is 0 Å². The Bertz CT molecular complexity index is 291. The lowest BCUT2D eigenvalue weighted by atomic mass is 9.69. The second-order valence-electron chi connectivity index (χ2n) is 8.14. The van der Waals surface area contributed by atoms with Crippen molar-refractivity contribution in [3.05, 3.63) is 0 Å². The Kier molecular flexibility index (Phi) is 5.49. The zero-order valence-electron chi connectivity index (χ0n) is 14.1. The van der Waals surface area contributed by atoms with E-state index in [2.05, 4.69) is 37.6 Å². The van der Waals surface area contributed by atoms with Gasteiger partial charge in [-0.2, -0.15) is 0 Å². The van der Waals surface area contributed by atoms with Gasteiger partial charge in [-0.3, -0.25) is 0 Å². The van der Waals surface area contributed by atoms with Gasteiger partial charge in [0.15, 0.2) is 0 Å². The molecule has 0 aromatic heterocycles. The molecule has 1 saturated carbocycles. The van der Waals surface area contributed by atoms with Crippen molar-refractivity contribution < 1.29 is 0 Å². The van der Waals surface area contributed by atoms with Gasteiger partial charge in [0.1, 0.15) is 0 Å². The summed E-state index contributed by atoms with van der Waals surface area (Å²) in [5.41, 5.74) is 6.84. The number of nitrogens with two attached hydrogens (primary N) is 1. The average molecular weight is 281 g/mol. The average Bonchev–Trinajstić information content (AvgIpc) is 2.88. The van der Waals surface area contributed by atoms with Crippen molar-refractivity contribution in [3.63, 3.8) is 0 Å². The van der Waals surface area contributed by atoms with Crippen molar-refractivity contribution in [3.8, 4) is 0 Å². The molecule has 0 aromatic carbocycles. The lowest BCUT2D eigenvalue weighted by molar-refractivity contribution is 0.0793. The minimum absolute atomic E-state index is 0.372. The molecule has 1 heterocycles. The molecule has 2 aliphatic rings. The van der Waals surface area contributed by atoms with E-state index < -0.39 is 0 Å². The Morgan fingerprint density at radius 1 is 1.15 bits per heavy atom. The first-order valence-electron chi connectivity index (χ1n) is 8.56. The molecule has 0 radical (unpaired) electrons. The molecule has 3 unspecified atom stereocenters. The van der Waals surface area contributed by atoms with E-state index in [1.165, 1.54) is 58.3 Å². The number of nitrogens with zero attached hydrogens (tertiary/aromatic N) is 2. The van der Waals surface area contributed by atoms with Crippen LogP contribution in [0, 0.1) is 11.3 Å². The van der Waals surface area contributed by atoms with Crippen molar-refractivity contribution in [2.45, 2.75) is 65.0 Å². The molecule has 1 saturated heterocycles. The molecule has 0 bridgehead atoms. The molecule has 3 atom stereocenters. The number of hydrogen-bond acceptors (Lipinski definition) is 3. The van der Waals surface area contributed by atoms with E-state index >= 15 is 0 Å². The summed E-state index contributed by atoms with van der Waals surface area (Å²) in [5, 5.41) is 0. The normalized spacial score (nSPS) is 33.0. The summed E-state index contributed by atoms with van der Waals surface area (Å²) in [6.45, 7) is 12.2. The third kappa shape index (κ3) is 4.19. The summed E-state index contributed by atoms with van der Waals surface area (Å²) in [5.74, 6) is 0.821. The highest BCUT2D eigenvalue weighted by Crippen LogP contribution is 2.38. The van der Waals surface area contributed by atoms with E-state index in [-0.39, 0.29) is 0 Å². The standard InChI is InChI=1S/C17H35N3/c1-17(2,3)14-7-8-15(18)16(13-14)19(4)11-12-20-9-5-6-10-20/h14-16H,5-13,18H2,1-4H3. The van der Waals surface area contributed by atoms with Crippen LogP contribution in [0.1, 0.15) is 52.9 Å². The van der Waals surface area contributed by atoms with Crippen LogP contribution in [0.4, 0.5) is 0 Å². The minimum atomic E-state index is 0.372. The lowest BCUT2D eigenvalue weighted by Gasteiger charge is -2.44. The fourth-order valence-corrected chi connectivity index (χ4v) is 3.93. The van der Waals surface area contributed by atoms with Crippen molar-refractivity contribution in [1.82, 2.24) is 9.80 Å². The Labute approximate surface area is 125 Å². The van der Waals surface area contributed by atoms with Crippen LogP contribution in [-0.4, -0.2) is 55.1 Å². The van der Waals surface area contributed by atoms with Gasteiger partial charge < -0.3 is 15.5 Å². The fraction of sp³-hybridized carbons (Fsp3) is 1.00. The van der Waals surface area contributed by atoms with Crippen molar-refractivity contribution >= 4 is 0 Å². The van der Waals surface area contributed by atoms with Gasteiger partial charge >= 0.3 is 0 Å². The van der Waals surface area contributed by atoms with Gasteiger partial charge in [0.05, 0.1) is 0 Å². The van der Waals surface area contributed by atoms with Crippen LogP contribution in [0.2, 0.25) is 0 Å². The predicted molar refractivity (Wildman–Crippen MR) is 86.9 cm³/mol. The molecule has 20 heavy (non-hydrogen) atoms. The highest BCUT2D eigenvalue weighted by molar-refractivity contribution is 4.92. The van der Waals surface area contributed by atoms with E-state index in [4.69, 9.17) is 5.73 Å². The maximum Gasteiger partial charge on any atom is 0.0247 e. The van der Waals surface area contributed by atoms with Crippen molar-refractivity contribution in [2.75, 3.05) is 33.2 Å². The molecular formula is C17H35N3. The van der Waals surface area contributed by atoms with Gasteiger partial charge in [-0.25, -0.2) is 0 Å². The smallest absolute Gasteiger partial charge is 0.0247 e. The number of hydrogen-bond donors (Lipinski definition) is 1. The van der Waals surface area contributed by atoms with Gasteiger partial charge in [-0.15, -0.1) is 0 Å². The highest BCUT2D eigenvalue weighted by Gasteiger charge is 2.36. The number of likely N-dealkylation sites (tertiary alicyclic amines) is 1. The van der Waals surface area contributed by atoms with Gasteiger partial charge in [-0.1, -0.05) is 20.8 Å². The Balaban J connectivity index is 1.84. The van der Waals surface area contributed by atoms with Crippen LogP contribution in [0.5, 0.6) is 0 Å². The van der Waals surface area contributed by atoms with Crippen molar-refractivity contribution in [2.24, 2.45) is 17.1 Å². The van der Waals surface area contributed by atoms with Crippen LogP contribution in [-0.2, 0) is 0 Å². The SMILES string of the molecule is CN(CCN1CCCC1)C1CC(C(C)(C)C)CCC1N. The molecule has 1 aliphatic heterocycles. The summed E-state index contributed by atoms with van der Waals surface area (Å²) in [6, 6.07) is 0.952. The van der Waals surface area contributed by atoms with Crippen LogP contribution in [0.15, 0.2) is 0 Å². The Morgan fingerprint density at radius 3 is 2.40 bits per heavy atom. The molecule has 3 heteroatoms. The molecule has 2 fully saturated rings. The largest absolute Gasteiger partial charge is 0.326 e. The fourth-order valence-electron chi connectivity index (χ4n) is 3.93. The maximum absolute atomic E-state index is 6.41. The van der Waals surface area contributed by atoms with E-state index in [1.807, 2.05) is 0 Å². The molecule has 2 N–H and O–H groups in total. The van der Waals surface area contributed by atoms with E-state index in [0.29, 0.717) is 17.5 Å². The molecule has 118 valence electrons. The Hall–Kier alpha value is -0.120. The van der Waals surface area contributed by atoms with Gasteiger partial charge in [0.2, 0.25) is 0 Å². The zero-order chi connectivity index (χ0) is 14.8. The third-order valence-corrected chi connectivity index (χ3v) is 5.63.